The molecule has 0 radical (unpaired) electrons. The van der Waals surface area contributed by atoms with Crippen molar-refractivity contribution in [3.8, 4) is 0 Å². The number of carbonyl (C=O) groups is 1. The third kappa shape index (κ3) is 2.44. The fraction of sp³-hybridized carbons (Fsp3) is 0.562. The topological polar surface area (TPSA) is 32.3 Å². The Kier molecular flexibility index (Phi) is 3.50. The summed E-state index contributed by atoms with van der Waals surface area (Å²) < 4.78 is 12.9. The Morgan fingerprint density at radius 1 is 1.30 bits per heavy atom. The van der Waals surface area contributed by atoms with Gasteiger partial charge in [-0.05, 0) is 43.9 Å². The first-order valence-corrected chi connectivity index (χ1v) is 7.37. The van der Waals surface area contributed by atoms with Crippen LogP contribution < -0.4 is 5.32 Å². The molecular formula is C16H21FN2O. The number of hydrogen-bond donors (Lipinski definition) is 1. The summed E-state index contributed by atoms with van der Waals surface area (Å²) in [6, 6.07) is 7.14. The molecule has 1 saturated carbocycles. The monoisotopic (exact) mass is 276 g/mol. The SMILES string of the molecule is CC1NCCN(C(=O)C2CC2c2ccc(F)cc2)C1C. The fourth-order valence-electron chi connectivity index (χ4n) is 3.13. The highest BCUT2D eigenvalue weighted by molar-refractivity contribution is 5.83. The lowest BCUT2D eigenvalue weighted by atomic mass is 10.0. The van der Waals surface area contributed by atoms with Gasteiger partial charge in [0.1, 0.15) is 5.82 Å². The molecule has 1 aromatic rings. The molecule has 0 bridgehead atoms. The molecule has 1 aromatic carbocycles. The van der Waals surface area contributed by atoms with Gasteiger partial charge in [0.25, 0.3) is 0 Å². The molecule has 1 aliphatic heterocycles. The summed E-state index contributed by atoms with van der Waals surface area (Å²) in [5, 5.41) is 3.39. The molecule has 4 atom stereocenters. The van der Waals surface area contributed by atoms with E-state index in [1.807, 2.05) is 4.90 Å². The molecule has 1 saturated heterocycles. The minimum Gasteiger partial charge on any atom is -0.337 e. The van der Waals surface area contributed by atoms with Crippen molar-refractivity contribution in [1.29, 1.82) is 0 Å². The second-order valence-corrected chi connectivity index (χ2v) is 6.02. The molecule has 0 spiro atoms. The first kappa shape index (κ1) is 13.6. The first-order valence-electron chi connectivity index (χ1n) is 7.37. The predicted molar refractivity (Wildman–Crippen MR) is 75.9 cm³/mol. The normalized spacial score (nSPS) is 33.0. The van der Waals surface area contributed by atoms with E-state index in [1.54, 1.807) is 12.1 Å². The number of nitrogens with zero attached hydrogens (tertiary/aromatic N) is 1. The van der Waals surface area contributed by atoms with Gasteiger partial charge >= 0.3 is 0 Å². The smallest absolute Gasteiger partial charge is 0.226 e. The average Bonchev–Trinajstić information content (AvgIpc) is 3.22. The molecule has 2 fully saturated rings. The summed E-state index contributed by atoms with van der Waals surface area (Å²) in [5.74, 6) is 0.413. The van der Waals surface area contributed by atoms with Crippen molar-refractivity contribution in [1.82, 2.24) is 10.2 Å². The van der Waals surface area contributed by atoms with Crippen molar-refractivity contribution in [2.75, 3.05) is 13.1 Å². The van der Waals surface area contributed by atoms with Crippen LogP contribution in [0.25, 0.3) is 0 Å². The predicted octanol–water partition coefficient (Wildman–Crippen LogP) is 2.14. The summed E-state index contributed by atoms with van der Waals surface area (Å²) in [6.45, 7) is 5.88. The van der Waals surface area contributed by atoms with Crippen molar-refractivity contribution >= 4 is 5.91 Å². The van der Waals surface area contributed by atoms with E-state index >= 15 is 0 Å². The largest absolute Gasteiger partial charge is 0.337 e. The van der Waals surface area contributed by atoms with Crippen LogP contribution in [0.1, 0.15) is 31.7 Å². The molecule has 1 amide bonds. The van der Waals surface area contributed by atoms with Crippen LogP contribution in [-0.4, -0.2) is 36.0 Å². The van der Waals surface area contributed by atoms with Gasteiger partial charge in [0.15, 0.2) is 0 Å². The van der Waals surface area contributed by atoms with E-state index < -0.39 is 0 Å². The molecule has 108 valence electrons. The highest BCUT2D eigenvalue weighted by Crippen LogP contribution is 2.48. The molecule has 4 unspecified atom stereocenters. The van der Waals surface area contributed by atoms with E-state index in [9.17, 15) is 9.18 Å². The maximum atomic E-state index is 12.9. The number of nitrogens with one attached hydrogen (secondary N) is 1. The van der Waals surface area contributed by atoms with Crippen molar-refractivity contribution < 1.29 is 9.18 Å². The van der Waals surface area contributed by atoms with Gasteiger partial charge in [-0.15, -0.1) is 0 Å². The standard InChI is InChI=1S/C16H21FN2O/c1-10-11(2)19(8-7-18-10)16(20)15-9-14(15)12-3-5-13(17)6-4-12/h3-6,10-11,14-15,18H,7-9H2,1-2H3. The highest BCUT2D eigenvalue weighted by atomic mass is 19.1. The Morgan fingerprint density at radius 2 is 2.00 bits per heavy atom. The molecule has 20 heavy (non-hydrogen) atoms. The number of piperazine rings is 1. The second-order valence-electron chi connectivity index (χ2n) is 6.02. The Bertz CT molecular complexity index is 502. The van der Waals surface area contributed by atoms with Crippen LogP contribution in [0.15, 0.2) is 24.3 Å². The van der Waals surface area contributed by atoms with E-state index in [1.165, 1.54) is 12.1 Å². The maximum Gasteiger partial charge on any atom is 0.226 e. The summed E-state index contributed by atoms with van der Waals surface area (Å²) in [4.78, 5) is 14.6. The van der Waals surface area contributed by atoms with Gasteiger partial charge in [-0.25, -0.2) is 4.39 Å². The Balaban J connectivity index is 1.66. The van der Waals surface area contributed by atoms with Gasteiger partial charge in [0.05, 0.1) is 0 Å². The molecule has 2 aliphatic rings. The minimum absolute atomic E-state index is 0.0909. The van der Waals surface area contributed by atoms with Crippen LogP contribution in [0.3, 0.4) is 0 Å². The van der Waals surface area contributed by atoms with Crippen molar-refractivity contribution in [3.05, 3.63) is 35.6 Å². The molecule has 3 nitrogen and oxygen atoms in total. The number of amides is 1. The van der Waals surface area contributed by atoms with Gasteiger partial charge < -0.3 is 10.2 Å². The average molecular weight is 276 g/mol. The summed E-state index contributed by atoms with van der Waals surface area (Å²) in [6.07, 6.45) is 0.898. The van der Waals surface area contributed by atoms with E-state index in [4.69, 9.17) is 0 Å². The summed E-state index contributed by atoms with van der Waals surface area (Å²) in [7, 11) is 0. The van der Waals surface area contributed by atoms with E-state index in [0.717, 1.165) is 25.1 Å². The lowest BCUT2D eigenvalue weighted by Gasteiger charge is -2.38. The Hall–Kier alpha value is -1.42. The quantitative estimate of drug-likeness (QED) is 0.897. The highest BCUT2D eigenvalue weighted by Gasteiger charge is 2.47. The van der Waals surface area contributed by atoms with Gasteiger partial charge in [-0.2, -0.15) is 0 Å². The van der Waals surface area contributed by atoms with Crippen LogP contribution in [0.5, 0.6) is 0 Å². The van der Waals surface area contributed by atoms with Crippen LogP contribution in [0.2, 0.25) is 0 Å². The first-order chi connectivity index (χ1) is 9.58. The van der Waals surface area contributed by atoms with Crippen LogP contribution in [0, 0.1) is 11.7 Å². The molecule has 3 rings (SSSR count). The molecule has 4 heteroatoms. The van der Waals surface area contributed by atoms with Gasteiger partial charge in [0.2, 0.25) is 5.91 Å². The zero-order valence-electron chi connectivity index (χ0n) is 12.0. The number of carbonyl (C=O) groups excluding carboxylic acids is 1. The summed E-state index contributed by atoms with van der Waals surface area (Å²) >= 11 is 0. The van der Waals surface area contributed by atoms with Crippen LogP contribution in [0.4, 0.5) is 4.39 Å². The van der Waals surface area contributed by atoms with Crippen molar-refractivity contribution in [2.45, 2.75) is 38.3 Å². The second kappa shape index (κ2) is 5.17. The van der Waals surface area contributed by atoms with E-state index in [0.29, 0.717) is 6.04 Å². The number of rotatable bonds is 2. The number of halogens is 1. The van der Waals surface area contributed by atoms with Crippen molar-refractivity contribution in [2.24, 2.45) is 5.92 Å². The van der Waals surface area contributed by atoms with Gasteiger partial charge in [-0.1, -0.05) is 12.1 Å². The van der Waals surface area contributed by atoms with Crippen molar-refractivity contribution in [3.63, 3.8) is 0 Å². The third-order valence-corrected chi connectivity index (χ3v) is 4.72. The lowest BCUT2D eigenvalue weighted by Crippen LogP contribution is -2.57. The molecule has 0 aromatic heterocycles. The number of benzene rings is 1. The number of hydrogen-bond acceptors (Lipinski definition) is 2. The molecular weight excluding hydrogens is 255 g/mol. The maximum absolute atomic E-state index is 12.9. The van der Waals surface area contributed by atoms with Gasteiger partial charge in [0, 0.05) is 31.1 Å². The van der Waals surface area contributed by atoms with Crippen LogP contribution in [-0.2, 0) is 4.79 Å². The molecule has 1 N–H and O–H groups in total. The zero-order valence-corrected chi connectivity index (χ0v) is 12.0. The minimum atomic E-state index is -0.221. The lowest BCUT2D eigenvalue weighted by molar-refractivity contribution is -0.136. The molecule has 1 heterocycles. The summed E-state index contributed by atoms with van der Waals surface area (Å²) in [5.41, 5.74) is 1.08. The third-order valence-electron chi connectivity index (χ3n) is 4.72. The fourth-order valence-corrected chi connectivity index (χ4v) is 3.13. The molecule has 1 aliphatic carbocycles. The van der Waals surface area contributed by atoms with Gasteiger partial charge in [-0.3, -0.25) is 4.79 Å². The Labute approximate surface area is 119 Å². The van der Waals surface area contributed by atoms with Crippen LogP contribution >= 0.6 is 0 Å². The van der Waals surface area contributed by atoms with E-state index in [-0.39, 0.29) is 29.6 Å². The Morgan fingerprint density at radius 3 is 2.70 bits per heavy atom. The zero-order chi connectivity index (χ0) is 14.3. The van der Waals surface area contributed by atoms with E-state index in [2.05, 4.69) is 19.2 Å².